The van der Waals surface area contributed by atoms with Gasteiger partial charge in [-0.25, -0.2) is 8.42 Å². The second-order valence-corrected chi connectivity index (χ2v) is 6.50. The first-order chi connectivity index (χ1) is 8.79. The zero-order valence-corrected chi connectivity index (χ0v) is 11.0. The first-order valence-corrected chi connectivity index (χ1v) is 7.29. The lowest BCUT2D eigenvalue weighted by atomic mass is 10.2. The molecule has 2 rings (SSSR count). The smallest absolute Gasteiger partial charge is 0.258 e. The van der Waals surface area contributed by atoms with Crippen molar-refractivity contribution in [2.45, 2.75) is 12.2 Å². The SMILES string of the molecule is CC(c1noc(-c2ccc(O)c(O)c2)n1)S(C)(=O)=O. The van der Waals surface area contributed by atoms with E-state index in [4.69, 9.17) is 4.52 Å². The normalized spacial score (nSPS) is 13.4. The van der Waals surface area contributed by atoms with Crippen molar-refractivity contribution in [1.82, 2.24) is 10.1 Å². The average molecular weight is 284 g/mol. The highest BCUT2D eigenvalue weighted by Crippen LogP contribution is 2.30. The van der Waals surface area contributed by atoms with Crippen LogP contribution in [0.5, 0.6) is 11.5 Å². The van der Waals surface area contributed by atoms with E-state index in [0.717, 1.165) is 6.26 Å². The van der Waals surface area contributed by atoms with Crippen LogP contribution >= 0.6 is 0 Å². The molecular weight excluding hydrogens is 272 g/mol. The molecular formula is C11H12N2O5S. The van der Waals surface area contributed by atoms with Crippen LogP contribution < -0.4 is 0 Å². The third-order valence-electron chi connectivity index (χ3n) is 2.67. The highest BCUT2D eigenvalue weighted by Gasteiger charge is 2.23. The summed E-state index contributed by atoms with van der Waals surface area (Å²) in [5.41, 5.74) is 0.384. The molecule has 0 fully saturated rings. The molecule has 1 aromatic carbocycles. The molecule has 1 atom stereocenters. The van der Waals surface area contributed by atoms with E-state index in [1.165, 1.54) is 25.1 Å². The van der Waals surface area contributed by atoms with Gasteiger partial charge in [-0.15, -0.1) is 0 Å². The molecule has 1 unspecified atom stereocenters. The van der Waals surface area contributed by atoms with Crippen LogP contribution in [0.1, 0.15) is 18.0 Å². The van der Waals surface area contributed by atoms with Gasteiger partial charge in [-0.1, -0.05) is 5.16 Å². The fourth-order valence-corrected chi connectivity index (χ4v) is 1.84. The molecule has 1 aromatic heterocycles. The quantitative estimate of drug-likeness (QED) is 0.815. The topological polar surface area (TPSA) is 114 Å². The molecule has 2 aromatic rings. The van der Waals surface area contributed by atoms with Crippen LogP contribution in [0, 0.1) is 0 Å². The molecule has 19 heavy (non-hydrogen) atoms. The Morgan fingerprint density at radius 1 is 1.26 bits per heavy atom. The molecule has 102 valence electrons. The van der Waals surface area contributed by atoms with Crippen molar-refractivity contribution in [3.63, 3.8) is 0 Å². The number of benzene rings is 1. The summed E-state index contributed by atoms with van der Waals surface area (Å²) in [6.45, 7) is 1.46. The Balaban J connectivity index is 2.38. The monoisotopic (exact) mass is 284 g/mol. The van der Waals surface area contributed by atoms with E-state index >= 15 is 0 Å². The number of sulfone groups is 1. The van der Waals surface area contributed by atoms with Crippen molar-refractivity contribution < 1.29 is 23.2 Å². The van der Waals surface area contributed by atoms with E-state index in [1.54, 1.807) is 0 Å². The molecule has 0 aliphatic carbocycles. The summed E-state index contributed by atoms with van der Waals surface area (Å²) in [6, 6.07) is 3.99. The van der Waals surface area contributed by atoms with Crippen molar-refractivity contribution in [2.24, 2.45) is 0 Å². The highest BCUT2D eigenvalue weighted by atomic mass is 32.2. The van der Waals surface area contributed by atoms with Gasteiger partial charge in [0.1, 0.15) is 5.25 Å². The molecule has 7 nitrogen and oxygen atoms in total. The predicted molar refractivity (Wildman–Crippen MR) is 66.3 cm³/mol. The Kier molecular flexibility index (Phi) is 3.19. The molecule has 2 N–H and O–H groups in total. The highest BCUT2D eigenvalue weighted by molar-refractivity contribution is 7.90. The van der Waals surface area contributed by atoms with E-state index in [9.17, 15) is 18.6 Å². The Hall–Kier alpha value is -2.09. The third kappa shape index (κ3) is 2.68. The molecule has 0 saturated carbocycles. The molecule has 0 aliphatic rings. The molecule has 0 bridgehead atoms. The van der Waals surface area contributed by atoms with Gasteiger partial charge in [-0.2, -0.15) is 4.98 Å². The summed E-state index contributed by atoms with van der Waals surface area (Å²) in [4.78, 5) is 3.97. The standard InChI is InChI=1S/C11H12N2O5S/c1-6(19(2,16)17)10-12-11(18-13-10)7-3-4-8(14)9(15)5-7/h3-6,14-15H,1-2H3. The van der Waals surface area contributed by atoms with Crippen molar-refractivity contribution in [3.8, 4) is 23.0 Å². The van der Waals surface area contributed by atoms with Crippen LogP contribution in [-0.2, 0) is 9.84 Å². The largest absolute Gasteiger partial charge is 0.504 e. The number of nitrogens with zero attached hydrogens (tertiary/aromatic N) is 2. The fraction of sp³-hybridized carbons (Fsp3) is 0.273. The molecule has 8 heteroatoms. The summed E-state index contributed by atoms with van der Waals surface area (Å²) < 4.78 is 27.7. The van der Waals surface area contributed by atoms with Crippen LogP contribution in [0.2, 0.25) is 0 Å². The molecule has 0 amide bonds. The van der Waals surface area contributed by atoms with Crippen LogP contribution in [0.15, 0.2) is 22.7 Å². The molecule has 0 radical (unpaired) electrons. The fourth-order valence-electron chi connectivity index (χ4n) is 1.37. The van der Waals surface area contributed by atoms with Gasteiger partial charge in [-0.3, -0.25) is 0 Å². The van der Waals surface area contributed by atoms with E-state index < -0.39 is 15.1 Å². The van der Waals surface area contributed by atoms with Gasteiger partial charge in [0.15, 0.2) is 27.2 Å². The lowest BCUT2D eigenvalue weighted by Gasteiger charge is -2.01. The van der Waals surface area contributed by atoms with Crippen molar-refractivity contribution in [2.75, 3.05) is 6.26 Å². The Bertz CT molecular complexity index is 708. The predicted octanol–water partition coefficient (Wildman–Crippen LogP) is 1.25. The van der Waals surface area contributed by atoms with E-state index in [-0.39, 0.29) is 23.2 Å². The summed E-state index contributed by atoms with van der Waals surface area (Å²) >= 11 is 0. The van der Waals surface area contributed by atoms with Crippen LogP contribution in [0.4, 0.5) is 0 Å². The number of hydrogen-bond donors (Lipinski definition) is 2. The molecule has 0 aliphatic heterocycles. The van der Waals surface area contributed by atoms with E-state index in [2.05, 4.69) is 10.1 Å². The van der Waals surface area contributed by atoms with Gasteiger partial charge in [0.25, 0.3) is 5.89 Å². The maximum atomic E-state index is 11.4. The maximum Gasteiger partial charge on any atom is 0.258 e. The zero-order chi connectivity index (χ0) is 14.2. The van der Waals surface area contributed by atoms with Gasteiger partial charge in [0.05, 0.1) is 0 Å². The second-order valence-electron chi connectivity index (χ2n) is 4.13. The van der Waals surface area contributed by atoms with Crippen molar-refractivity contribution in [1.29, 1.82) is 0 Å². The summed E-state index contributed by atoms with van der Waals surface area (Å²) in [5, 5.41) is 21.3. The van der Waals surface area contributed by atoms with Crippen molar-refractivity contribution >= 4 is 9.84 Å². The lowest BCUT2D eigenvalue weighted by Crippen LogP contribution is -2.09. The zero-order valence-electron chi connectivity index (χ0n) is 10.2. The summed E-state index contributed by atoms with van der Waals surface area (Å²) in [7, 11) is -3.31. The minimum Gasteiger partial charge on any atom is -0.504 e. The number of aromatic hydroxyl groups is 2. The van der Waals surface area contributed by atoms with Crippen LogP contribution in [0.3, 0.4) is 0 Å². The first kappa shape index (κ1) is 13.3. The summed E-state index contributed by atoms with van der Waals surface area (Å²) in [5.74, 6) is -0.479. The maximum absolute atomic E-state index is 11.4. The second kappa shape index (κ2) is 4.54. The number of rotatable bonds is 3. The number of hydrogen-bond acceptors (Lipinski definition) is 7. The minimum absolute atomic E-state index is 0.0464. The van der Waals surface area contributed by atoms with Gasteiger partial charge in [-0.05, 0) is 25.1 Å². The first-order valence-electron chi connectivity index (χ1n) is 5.34. The van der Waals surface area contributed by atoms with Crippen LogP contribution in [0.25, 0.3) is 11.5 Å². The van der Waals surface area contributed by atoms with Gasteiger partial charge >= 0.3 is 0 Å². The van der Waals surface area contributed by atoms with Crippen LogP contribution in [-0.4, -0.2) is 35.0 Å². The van der Waals surface area contributed by atoms with E-state index in [0.29, 0.717) is 5.56 Å². The molecule has 0 saturated heterocycles. The number of phenols is 2. The molecule has 0 spiro atoms. The van der Waals surface area contributed by atoms with Gasteiger partial charge < -0.3 is 14.7 Å². The number of aromatic nitrogens is 2. The van der Waals surface area contributed by atoms with Gasteiger partial charge in [0.2, 0.25) is 0 Å². The number of phenolic OH excluding ortho intramolecular Hbond substituents is 2. The average Bonchev–Trinajstić information content (AvgIpc) is 2.79. The molecule has 1 heterocycles. The Morgan fingerprint density at radius 3 is 2.53 bits per heavy atom. The summed E-state index contributed by atoms with van der Waals surface area (Å²) in [6.07, 6.45) is 1.08. The van der Waals surface area contributed by atoms with Gasteiger partial charge in [0, 0.05) is 11.8 Å². The van der Waals surface area contributed by atoms with Crippen molar-refractivity contribution in [3.05, 3.63) is 24.0 Å². The third-order valence-corrected chi connectivity index (χ3v) is 4.17. The van der Waals surface area contributed by atoms with E-state index in [1.807, 2.05) is 0 Å². The Labute approximate surface area is 109 Å². The Morgan fingerprint density at radius 2 is 1.95 bits per heavy atom. The lowest BCUT2D eigenvalue weighted by molar-refractivity contribution is 0.402. The minimum atomic E-state index is -3.31.